The molecule has 2 aromatic rings. The van der Waals surface area contributed by atoms with Gasteiger partial charge < -0.3 is 16.0 Å². The first-order chi connectivity index (χ1) is 10.1. The summed E-state index contributed by atoms with van der Waals surface area (Å²) in [5.41, 5.74) is 1.91. The van der Waals surface area contributed by atoms with Crippen LogP contribution < -0.4 is 16.0 Å². The molecule has 2 amide bonds. The van der Waals surface area contributed by atoms with Crippen molar-refractivity contribution in [3.8, 4) is 0 Å². The van der Waals surface area contributed by atoms with Gasteiger partial charge in [-0.05, 0) is 38.6 Å². The number of aromatic nitrogens is 1. The minimum atomic E-state index is -0.225. The topological polar surface area (TPSA) is 66.0 Å². The monoisotopic (exact) mass is 304 g/mol. The first-order valence-corrected chi connectivity index (χ1v) is 7.63. The average molecular weight is 304 g/mol. The van der Waals surface area contributed by atoms with E-state index in [1.165, 1.54) is 0 Å². The standard InChI is InChI=1S/C15H20N4OS/c1-10-8-17-14(21-10)9-18-15(20)19-13-6-4-5-12(7-13)11(2)16-3/h4-8,11,16H,9H2,1-3H3,(H2,18,19,20). The summed E-state index contributed by atoms with van der Waals surface area (Å²) in [6, 6.07) is 7.82. The van der Waals surface area contributed by atoms with Crippen molar-refractivity contribution in [3.05, 3.63) is 45.9 Å². The van der Waals surface area contributed by atoms with Crippen LogP contribution in [-0.4, -0.2) is 18.1 Å². The van der Waals surface area contributed by atoms with Crippen molar-refractivity contribution in [2.75, 3.05) is 12.4 Å². The van der Waals surface area contributed by atoms with Gasteiger partial charge in [-0.15, -0.1) is 11.3 Å². The van der Waals surface area contributed by atoms with Crippen molar-refractivity contribution in [3.63, 3.8) is 0 Å². The van der Waals surface area contributed by atoms with Gasteiger partial charge in [0.1, 0.15) is 5.01 Å². The molecular weight excluding hydrogens is 284 g/mol. The van der Waals surface area contributed by atoms with Crippen molar-refractivity contribution in [1.29, 1.82) is 0 Å². The fourth-order valence-corrected chi connectivity index (χ4v) is 2.59. The fraction of sp³-hybridized carbons (Fsp3) is 0.333. The second-order valence-corrected chi connectivity index (χ2v) is 6.13. The number of nitrogens with one attached hydrogen (secondary N) is 3. The summed E-state index contributed by atoms with van der Waals surface area (Å²) in [6.07, 6.45) is 1.81. The number of thiazole rings is 1. The number of aryl methyl sites for hydroxylation is 1. The molecule has 0 saturated heterocycles. The molecule has 0 aliphatic carbocycles. The molecular formula is C15H20N4OS. The zero-order chi connectivity index (χ0) is 15.2. The van der Waals surface area contributed by atoms with E-state index in [0.717, 1.165) is 21.1 Å². The molecule has 6 heteroatoms. The lowest BCUT2D eigenvalue weighted by molar-refractivity contribution is 0.251. The maximum absolute atomic E-state index is 11.9. The minimum Gasteiger partial charge on any atom is -0.331 e. The van der Waals surface area contributed by atoms with E-state index in [1.54, 1.807) is 11.3 Å². The molecule has 2 rings (SSSR count). The summed E-state index contributed by atoms with van der Waals surface area (Å²) < 4.78 is 0. The number of carbonyl (C=O) groups excluding carboxylic acids is 1. The van der Waals surface area contributed by atoms with E-state index in [-0.39, 0.29) is 12.1 Å². The number of urea groups is 1. The normalized spacial score (nSPS) is 12.0. The summed E-state index contributed by atoms with van der Waals surface area (Å²) >= 11 is 1.58. The van der Waals surface area contributed by atoms with Crippen molar-refractivity contribution in [2.24, 2.45) is 0 Å². The Balaban J connectivity index is 1.90. The van der Waals surface area contributed by atoms with E-state index in [9.17, 15) is 4.79 Å². The van der Waals surface area contributed by atoms with Crippen LogP contribution in [0.1, 0.15) is 28.4 Å². The van der Waals surface area contributed by atoms with E-state index < -0.39 is 0 Å². The van der Waals surface area contributed by atoms with Gasteiger partial charge in [0, 0.05) is 22.8 Å². The molecule has 5 nitrogen and oxygen atoms in total. The summed E-state index contributed by atoms with van der Waals surface area (Å²) in [4.78, 5) is 17.2. The van der Waals surface area contributed by atoms with Gasteiger partial charge in [0.05, 0.1) is 6.54 Å². The Labute approximate surface area is 128 Å². The fourth-order valence-electron chi connectivity index (χ4n) is 1.87. The summed E-state index contributed by atoms with van der Waals surface area (Å²) in [5, 5.41) is 9.72. The van der Waals surface area contributed by atoms with Gasteiger partial charge >= 0.3 is 6.03 Å². The molecule has 21 heavy (non-hydrogen) atoms. The lowest BCUT2D eigenvalue weighted by atomic mass is 10.1. The number of carbonyl (C=O) groups is 1. The van der Waals surface area contributed by atoms with Gasteiger partial charge in [0.2, 0.25) is 0 Å². The van der Waals surface area contributed by atoms with E-state index in [4.69, 9.17) is 0 Å². The number of rotatable bonds is 5. The Kier molecular flexibility index (Phi) is 5.30. The number of benzene rings is 1. The highest BCUT2D eigenvalue weighted by Gasteiger charge is 2.06. The molecule has 1 aromatic carbocycles. The molecule has 1 aromatic heterocycles. The molecule has 0 fully saturated rings. The Hall–Kier alpha value is -1.92. The number of anilines is 1. The molecule has 0 aliphatic rings. The Morgan fingerprint density at radius 2 is 2.24 bits per heavy atom. The molecule has 1 atom stereocenters. The van der Waals surface area contributed by atoms with Crippen molar-refractivity contribution >= 4 is 23.1 Å². The predicted molar refractivity (Wildman–Crippen MR) is 86.6 cm³/mol. The third kappa shape index (κ3) is 4.54. The maximum atomic E-state index is 11.9. The van der Waals surface area contributed by atoms with Gasteiger partial charge in [-0.2, -0.15) is 0 Å². The van der Waals surface area contributed by atoms with Crippen LogP contribution in [-0.2, 0) is 6.54 Å². The Bertz CT molecular complexity index is 611. The van der Waals surface area contributed by atoms with Crippen LogP contribution in [0.3, 0.4) is 0 Å². The quantitative estimate of drug-likeness (QED) is 0.795. The second-order valence-electron chi connectivity index (χ2n) is 4.81. The SMILES string of the molecule is CNC(C)c1cccc(NC(=O)NCc2ncc(C)s2)c1. The molecule has 112 valence electrons. The average Bonchev–Trinajstić information content (AvgIpc) is 2.90. The summed E-state index contributed by atoms with van der Waals surface area (Å²) in [6.45, 7) is 4.51. The third-order valence-electron chi connectivity index (χ3n) is 3.15. The summed E-state index contributed by atoms with van der Waals surface area (Å²) in [5.74, 6) is 0. The first kappa shape index (κ1) is 15.5. The second kappa shape index (κ2) is 7.19. The number of hydrogen-bond donors (Lipinski definition) is 3. The van der Waals surface area contributed by atoms with Crippen LogP contribution in [0, 0.1) is 6.92 Å². The van der Waals surface area contributed by atoms with Crippen LogP contribution in [0.25, 0.3) is 0 Å². The molecule has 1 heterocycles. The van der Waals surface area contributed by atoms with E-state index >= 15 is 0 Å². The van der Waals surface area contributed by atoms with Crippen LogP contribution in [0.4, 0.5) is 10.5 Å². The highest BCUT2D eigenvalue weighted by molar-refractivity contribution is 7.11. The van der Waals surface area contributed by atoms with Crippen molar-refractivity contribution in [1.82, 2.24) is 15.6 Å². The minimum absolute atomic E-state index is 0.225. The highest BCUT2D eigenvalue weighted by Crippen LogP contribution is 2.17. The van der Waals surface area contributed by atoms with Crippen LogP contribution >= 0.6 is 11.3 Å². The van der Waals surface area contributed by atoms with Gasteiger partial charge in [0.15, 0.2) is 0 Å². The van der Waals surface area contributed by atoms with Gasteiger partial charge in [-0.25, -0.2) is 9.78 Å². The molecule has 3 N–H and O–H groups in total. The molecule has 0 radical (unpaired) electrons. The predicted octanol–water partition coefficient (Wildman–Crippen LogP) is 3.05. The van der Waals surface area contributed by atoms with Crippen molar-refractivity contribution < 1.29 is 4.79 Å². The Morgan fingerprint density at radius 1 is 1.43 bits per heavy atom. The Morgan fingerprint density at radius 3 is 2.90 bits per heavy atom. The number of hydrogen-bond acceptors (Lipinski definition) is 4. The molecule has 1 unspecified atom stereocenters. The molecule has 0 saturated carbocycles. The van der Waals surface area contributed by atoms with Crippen LogP contribution in [0.15, 0.2) is 30.5 Å². The first-order valence-electron chi connectivity index (χ1n) is 6.82. The largest absolute Gasteiger partial charge is 0.331 e. The number of amides is 2. The lowest BCUT2D eigenvalue weighted by Gasteiger charge is -2.12. The molecule has 0 spiro atoms. The summed E-state index contributed by atoms with van der Waals surface area (Å²) in [7, 11) is 1.91. The van der Waals surface area contributed by atoms with Gasteiger partial charge in [0.25, 0.3) is 0 Å². The van der Waals surface area contributed by atoms with E-state index in [0.29, 0.717) is 6.54 Å². The number of nitrogens with zero attached hydrogens (tertiary/aromatic N) is 1. The zero-order valence-electron chi connectivity index (χ0n) is 12.4. The van der Waals surface area contributed by atoms with Crippen LogP contribution in [0.2, 0.25) is 0 Å². The van der Waals surface area contributed by atoms with Crippen molar-refractivity contribution in [2.45, 2.75) is 26.4 Å². The smallest absolute Gasteiger partial charge is 0.319 e. The third-order valence-corrected chi connectivity index (χ3v) is 4.06. The van der Waals surface area contributed by atoms with Crippen LogP contribution in [0.5, 0.6) is 0 Å². The lowest BCUT2D eigenvalue weighted by Crippen LogP contribution is -2.28. The maximum Gasteiger partial charge on any atom is 0.319 e. The highest BCUT2D eigenvalue weighted by atomic mass is 32.1. The van der Waals surface area contributed by atoms with Gasteiger partial charge in [-0.1, -0.05) is 12.1 Å². The van der Waals surface area contributed by atoms with Gasteiger partial charge in [-0.3, -0.25) is 0 Å². The molecule has 0 bridgehead atoms. The van der Waals surface area contributed by atoms with E-state index in [1.807, 2.05) is 44.4 Å². The van der Waals surface area contributed by atoms with E-state index in [2.05, 4.69) is 27.9 Å². The zero-order valence-corrected chi connectivity index (χ0v) is 13.3. The molecule has 0 aliphatic heterocycles.